The quantitative estimate of drug-likeness (QED) is 0.273. The van der Waals surface area contributed by atoms with Crippen molar-refractivity contribution in [3.63, 3.8) is 0 Å². The fraction of sp³-hybridized carbons (Fsp3) is 0.467. The smallest absolute Gasteiger partial charge is 0.416 e. The van der Waals surface area contributed by atoms with Crippen LogP contribution >= 0.6 is 0 Å². The van der Waals surface area contributed by atoms with Crippen LogP contribution in [0.2, 0.25) is 0 Å². The largest absolute Gasteiger partial charge is 0.481 e. The van der Waals surface area contributed by atoms with Crippen LogP contribution in [0.1, 0.15) is 72.4 Å². The topological polar surface area (TPSA) is 98.3 Å². The number of unbranched alkanes of at least 4 members (excludes halogenated alkanes) is 1. The van der Waals surface area contributed by atoms with E-state index in [0.29, 0.717) is 31.0 Å². The van der Waals surface area contributed by atoms with Crippen molar-refractivity contribution in [1.82, 2.24) is 14.8 Å². The molecule has 0 amide bonds. The SMILES string of the molecule is CCN(CCCCC(=O)O)c1cc2c(cc1CN(Cc1cc(C#N)cc(C(F)(F)F)c1)c1ncn(C)n1)CCCC2. The molecule has 0 fully saturated rings. The van der Waals surface area contributed by atoms with Gasteiger partial charge in [-0.1, -0.05) is 6.07 Å². The van der Waals surface area contributed by atoms with Crippen LogP contribution in [0.5, 0.6) is 0 Å². The Kier molecular flexibility index (Phi) is 9.53. The zero-order valence-corrected chi connectivity index (χ0v) is 23.4. The molecule has 2 aromatic carbocycles. The van der Waals surface area contributed by atoms with Crippen molar-refractivity contribution in [1.29, 1.82) is 5.26 Å². The molecule has 41 heavy (non-hydrogen) atoms. The molecule has 11 heteroatoms. The van der Waals surface area contributed by atoms with Gasteiger partial charge in [0.15, 0.2) is 0 Å². The zero-order valence-electron chi connectivity index (χ0n) is 23.4. The van der Waals surface area contributed by atoms with Crippen LogP contribution in [-0.4, -0.2) is 38.9 Å². The van der Waals surface area contributed by atoms with Gasteiger partial charge in [0, 0.05) is 45.3 Å². The van der Waals surface area contributed by atoms with Gasteiger partial charge < -0.3 is 14.9 Å². The summed E-state index contributed by atoms with van der Waals surface area (Å²) in [5.41, 5.74) is 4.03. The monoisotopic (exact) mass is 568 g/mol. The Morgan fingerprint density at radius 1 is 1.07 bits per heavy atom. The van der Waals surface area contributed by atoms with Crippen LogP contribution in [0.3, 0.4) is 0 Å². The fourth-order valence-corrected chi connectivity index (χ4v) is 5.38. The standard InChI is InChI=1S/C30H35F3N6O2/c1-3-38(11-7-6-10-28(40)41)27-16-24-9-5-4-8-23(24)15-25(27)19-39(29-35-20-37(2)36-29)18-22-12-21(17-34)13-26(14-22)30(31,32)33/h12-16,20H,3-11,18-19H2,1-2H3,(H,40,41). The van der Waals surface area contributed by atoms with Gasteiger partial charge in [0.05, 0.1) is 17.2 Å². The Balaban J connectivity index is 1.72. The number of fused-ring (bicyclic) bond motifs is 1. The van der Waals surface area contributed by atoms with Crippen LogP contribution in [-0.2, 0) is 43.9 Å². The van der Waals surface area contributed by atoms with Crippen LogP contribution in [0.15, 0.2) is 36.7 Å². The number of aromatic nitrogens is 3. The third-order valence-electron chi connectivity index (χ3n) is 7.39. The summed E-state index contributed by atoms with van der Waals surface area (Å²) in [4.78, 5) is 19.5. The van der Waals surface area contributed by atoms with Gasteiger partial charge in [-0.2, -0.15) is 18.4 Å². The van der Waals surface area contributed by atoms with E-state index in [-0.39, 0.29) is 18.5 Å². The Morgan fingerprint density at radius 2 is 1.80 bits per heavy atom. The highest BCUT2D eigenvalue weighted by atomic mass is 19.4. The molecule has 0 saturated heterocycles. The highest BCUT2D eigenvalue weighted by Gasteiger charge is 2.31. The lowest BCUT2D eigenvalue weighted by atomic mass is 9.89. The van der Waals surface area contributed by atoms with Crippen LogP contribution in [0.4, 0.5) is 24.8 Å². The Bertz CT molecular complexity index is 1410. The number of anilines is 2. The number of halogens is 3. The summed E-state index contributed by atoms with van der Waals surface area (Å²) in [6, 6.07) is 9.68. The highest BCUT2D eigenvalue weighted by molar-refractivity contribution is 5.66. The van der Waals surface area contributed by atoms with Gasteiger partial charge in [0.2, 0.25) is 5.95 Å². The molecule has 8 nitrogen and oxygen atoms in total. The summed E-state index contributed by atoms with van der Waals surface area (Å²) in [5, 5.41) is 22.9. The average Bonchev–Trinajstić information content (AvgIpc) is 3.38. The first-order valence-electron chi connectivity index (χ1n) is 13.9. The lowest BCUT2D eigenvalue weighted by Crippen LogP contribution is -2.29. The fourth-order valence-electron chi connectivity index (χ4n) is 5.38. The molecule has 218 valence electrons. The molecule has 3 aromatic rings. The van der Waals surface area contributed by atoms with Crippen molar-refractivity contribution in [2.75, 3.05) is 22.9 Å². The summed E-state index contributed by atoms with van der Waals surface area (Å²) in [5.74, 6) is -0.438. The molecule has 1 aliphatic rings. The van der Waals surface area contributed by atoms with E-state index in [2.05, 4.69) is 34.0 Å². The van der Waals surface area contributed by atoms with Crippen molar-refractivity contribution < 1.29 is 23.1 Å². The molecule has 0 aliphatic heterocycles. The third kappa shape index (κ3) is 7.78. The molecule has 0 spiro atoms. The van der Waals surface area contributed by atoms with Gasteiger partial charge in [-0.15, -0.1) is 5.10 Å². The number of nitrogens with zero attached hydrogens (tertiary/aromatic N) is 6. The lowest BCUT2D eigenvalue weighted by molar-refractivity contribution is -0.138. The summed E-state index contributed by atoms with van der Waals surface area (Å²) < 4.78 is 42.4. The maximum atomic E-state index is 13.6. The maximum Gasteiger partial charge on any atom is 0.416 e. The second kappa shape index (κ2) is 13.1. The first-order chi connectivity index (χ1) is 19.6. The Labute approximate surface area is 238 Å². The minimum absolute atomic E-state index is 0.0586. The van der Waals surface area contributed by atoms with Crippen molar-refractivity contribution in [2.24, 2.45) is 7.05 Å². The van der Waals surface area contributed by atoms with Crippen LogP contribution in [0.25, 0.3) is 0 Å². The summed E-state index contributed by atoms with van der Waals surface area (Å²) >= 11 is 0. The van der Waals surface area contributed by atoms with Gasteiger partial charge in [-0.3, -0.25) is 9.48 Å². The molecule has 1 heterocycles. The number of hydrogen-bond acceptors (Lipinski definition) is 6. The van der Waals surface area contributed by atoms with E-state index < -0.39 is 17.7 Å². The van der Waals surface area contributed by atoms with Gasteiger partial charge in [0.1, 0.15) is 6.33 Å². The number of hydrogen-bond donors (Lipinski definition) is 1. The van der Waals surface area contributed by atoms with E-state index in [4.69, 9.17) is 5.11 Å². The average molecular weight is 569 g/mol. The molecule has 1 N–H and O–H groups in total. The summed E-state index contributed by atoms with van der Waals surface area (Å²) in [6.07, 6.45) is 2.57. The van der Waals surface area contributed by atoms with E-state index in [1.54, 1.807) is 18.1 Å². The Morgan fingerprint density at radius 3 is 2.41 bits per heavy atom. The van der Waals surface area contributed by atoms with Crippen molar-refractivity contribution >= 4 is 17.6 Å². The van der Waals surface area contributed by atoms with Crippen molar-refractivity contribution in [3.8, 4) is 6.07 Å². The molecule has 0 unspecified atom stereocenters. The zero-order chi connectivity index (χ0) is 29.6. The summed E-state index contributed by atoms with van der Waals surface area (Å²) in [7, 11) is 1.73. The maximum absolute atomic E-state index is 13.6. The van der Waals surface area contributed by atoms with Gasteiger partial charge >= 0.3 is 12.1 Å². The molecule has 1 aromatic heterocycles. The van der Waals surface area contributed by atoms with Crippen LogP contribution in [0, 0.1) is 11.3 Å². The van der Waals surface area contributed by atoms with E-state index in [1.807, 2.05) is 11.0 Å². The third-order valence-corrected chi connectivity index (χ3v) is 7.39. The van der Waals surface area contributed by atoms with Gasteiger partial charge in [-0.25, -0.2) is 4.98 Å². The summed E-state index contributed by atoms with van der Waals surface area (Å²) in [6.45, 7) is 3.89. The van der Waals surface area contributed by atoms with Crippen molar-refractivity contribution in [2.45, 2.75) is 71.1 Å². The van der Waals surface area contributed by atoms with Crippen molar-refractivity contribution in [3.05, 3.63) is 70.0 Å². The number of nitriles is 1. The van der Waals surface area contributed by atoms with E-state index in [0.717, 1.165) is 62.0 Å². The number of benzene rings is 2. The molecule has 4 rings (SSSR count). The Hall–Kier alpha value is -4.07. The molecular formula is C30H35F3N6O2. The van der Waals surface area contributed by atoms with E-state index >= 15 is 0 Å². The predicted octanol–water partition coefficient (Wildman–Crippen LogP) is 5.87. The second-order valence-electron chi connectivity index (χ2n) is 10.5. The number of aryl methyl sites for hydroxylation is 3. The lowest BCUT2D eigenvalue weighted by Gasteiger charge is -2.31. The number of rotatable bonds is 12. The molecule has 1 aliphatic carbocycles. The molecule has 0 atom stereocenters. The van der Waals surface area contributed by atoms with Crippen LogP contribution < -0.4 is 9.80 Å². The number of aliphatic carboxylic acids is 1. The van der Waals surface area contributed by atoms with Gasteiger partial charge in [0.25, 0.3) is 0 Å². The highest BCUT2D eigenvalue weighted by Crippen LogP contribution is 2.34. The second-order valence-corrected chi connectivity index (χ2v) is 10.5. The number of carboxylic acid groups (broad SMARTS) is 1. The number of alkyl halides is 3. The van der Waals surface area contributed by atoms with Gasteiger partial charge in [-0.05, 0) is 92.0 Å². The first-order valence-corrected chi connectivity index (χ1v) is 13.9. The normalized spacial score (nSPS) is 13.0. The molecule has 0 saturated carbocycles. The predicted molar refractivity (Wildman–Crippen MR) is 150 cm³/mol. The molecular weight excluding hydrogens is 533 g/mol. The van der Waals surface area contributed by atoms with E-state index in [9.17, 15) is 23.2 Å². The number of carboxylic acids is 1. The molecule has 0 bridgehead atoms. The first kappa shape index (κ1) is 29.9. The minimum atomic E-state index is -4.58. The number of carbonyl (C=O) groups is 1. The minimum Gasteiger partial charge on any atom is -0.481 e. The molecule has 0 radical (unpaired) electrons. The van der Waals surface area contributed by atoms with E-state index in [1.165, 1.54) is 17.2 Å².